The summed E-state index contributed by atoms with van der Waals surface area (Å²) in [4.78, 5) is 57.3. The second kappa shape index (κ2) is 14.1. The number of hydrogen-bond donors (Lipinski definition) is 8. The van der Waals surface area contributed by atoms with E-state index in [0.717, 1.165) is 0 Å². The van der Waals surface area contributed by atoms with E-state index in [0.29, 0.717) is 17.7 Å². The van der Waals surface area contributed by atoms with Crippen molar-refractivity contribution in [1.29, 1.82) is 0 Å². The maximum absolute atomic E-state index is 13.2. The fourth-order valence-corrected chi connectivity index (χ4v) is 3.67. The second-order valence-corrected chi connectivity index (χ2v) is 9.26. The van der Waals surface area contributed by atoms with Crippen LogP contribution in [-0.2, 0) is 32.0 Å². The Morgan fingerprint density at radius 3 is 2.13 bits per heavy atom. The first-order valence-corrected chi connectivity index (χ1v) is 12.3. The van der Waals surface area contributed by atoms with E-state index in [1.165, 1.54) is 31.6 Å². The van der Waals surface area contributed by atoms with Crippen molar-refractivity contribution in [3.63, 3.8) is 0 Å². The summed E-state index contributed by atoms with van der Waals surface area (Å²) in [5, 5.41) is 36.5. The number of aliphatic hydroxyl groups is 1. The van der Waals surface area contributed by atoms with Gasteiger partial charge in [-0.3, -0.25) is 14.4 Å². The lowest BCUT2D eigenvalue weighted by molar-refractivity contribution is -0.144. The number of nitrogens with two attached hydrogens (primary N) is 1. The van der Waals surface area contributed by atoms with Crippen LogP contribution in [0.15, 0.2) is 36.8 Å². The molecule has 0 saturated carbocycles. The average molecular weight is 533 g/mol. The number of carbonyl (C=O) groups excluding carboxylic acids is 3. The summed E-state index contributed by atoms with van der Waals surface area (Å²) in [6, 6.07) is 1.23. The number of nitrogens with one attached hydrogen (secondary N) is 4. The number of hydrogen-bond acceptors (Lipinski definition) is 8. The maximum atomic E-state index is 13.2. The number of aromatic hydroxyl groups is 1. The smallest absolute Gasteiger partial charge is 0.326 e. The number of aromatic nitrogens is 2. The molecule has 3 amide bonds. The quantitative estimate of drug-likeness (QED) is 0.152. The fourth-order valence-electron chi connectivity index (χ4n) is 3.67. The number of aliphatic hydroxyl groups excluding tert-OH is 1. The molecule has 1 aromatic carbocycles. The molecule has 13 heteroatoms. The summed E-state index contributed by atoms with van der Waals surface area (Å²) >= 11 is 0. The number of phenols is 1. The maximum Gasteiger partial charge on any atom is 0.326 e. The number of rotatable bonds is 14. The summed E-state index contributed by atoms with van der Waals surface area (Å²) in [5.74, 6) is -3.88. The zero-order valence-electron chi connectivity index (χ0n) is 21.5. The number of aromatic amines is 1. The van der Waals surface area contributed by atoms with Gasteiger partial charge in [0.2, 0.25) is 17.7 Å². The summed E-state index contributed by atoms with van der Waals surface area (Å²) in [5.41, 5.74) is 7.25. The third kappa shape index (κ3) is 8.85. The standard InChI is InChI=1S/C25H36N6O7/c1-4-13(2)20(25(37)38)30-24(36)21(14(3)32)31-23(35)19(10-16-11-27-12-28-16)29-22(34)18(26)9-15-5-7-17(33)8-6-15/h5-8,11-14,18-21,32-33H,4,9-10,26H2,1-3H3,(H,27,28)(H,29,34)(H,30,36)(H,31,35)(H,37,38). The van der Waals surface area contributed by atoms with Crippen LogP contribution in [0, 0.1) is 5.92 Å². The van der Waals surface area contributed by atoms with E-state index in [-0.39, 0.29) is 18.6 Å². The minimum absolute atomic E-state index is 0.0255. The highest BCUT2D eigenvalue weighted by atomic mass is 16.4. The molecule has 0 spiro atoms. The Morgan fingerprint density at radius 2 is 1.61 bits per heavy atom. The Morgan fingerprint density at radius 1 is 0.974 bits per heavy atom. The van der Waals surface area contributed by atoms with Gasteiger partial charge < -0.3 is 42.0 Å². The summed E-state index contributed by atoms with van der Waals surface area (Å²) in [7, 11) is 0. The number of H-pyrrole nitrogens is 1. The number of carboxylic acid groups (broad SMARTS) is 1. The molecule has 0 fully saturated rings. The van der Waals surface area contributed by atoms with E-state index in [2.05, 4.69) is 25.9 Å². The Balaban J connectivity index is 2.16. The number of imidazole rings is 1. The highest BCUT2D eigenvalue weighted by Crippen LogP contribution is 2.12. The number of carbonyl (C=O) groups is 4. The number of benzene rings is 1. The summed E-state index contributed by atoms with van der Waals surface area (Å²) in [6.45, 7) is 4.71. The zero-order valence-corrected chi connectivity index (χ0v) is 21.5. The van der Waals surface area contributed by atoms with Gasteiger partial charge in [0.05, 0.1) is 18.5 Å². The largest absolute Gasteiger partial charge is 0.508 e. The van der Waals surface area contributed by atoms with Gasteiger partial charge in [-0.2, -0.15) is 0 Å². The van der Waals surface area contributed by atoms with Crippen molar-refractivity contribution in [2.24, 2.45) is 11.7 Å². The molecule has 0 radical (unpaired) electrons. The van der Waals surface area contributed by atoms with Crippen molar-refractivity contribution in [2.75, 3.05) is 0 Å². The van der Waals surface area contributed by atoms with Crippen molar-refractivity contribution in [2.45, 2.75) is 70.3 Å². The predicted molar refractivity (Wildman–Crippen MR) is 137 cm³/mol. The van der Waals surface area contributed by atoms with E-state index in [9.17, 15) is 34.5 Å². The third-order valence-electron chi connectivity index (χ3n) is 6.18. The lowest BCUT2D eigenvalue weighted by Gasteiger charge is -2.27. The van der Waals surface area contributed by atoms with Crippen LogP contribution in [0.25, 0.3) is 0 Å². The molecule has 0 bridgehead atoms. The Bertz CT molecular complexity index is 1070. The summed E-state index contributed by atoms with van der Waals surface area (Å²) < 4.78 is 0. The lowest BCUT2D eigenvalue weighted by Crippen LogP contribution is -2.60. The van der Waals surface area contributed by atoms with Crippen LogP contribution in [0.1, 0.15) is 38.4 Å². The van der Waals surface area contributed by atoms with E-state index >= 15 is 0 Å². The first-order chi connectivity index (χ1) is 17.9. The number of phenolic OH excluding ortho intramolecular Hbond substituents is 1. The molecule has 6 unspecified atom stereocenters. The van der Waals surface area contributed by atoms with Gasteiger partial charge in [0.15, 0.2) is 0 Å². The van der Waals surface area contributed by atoms with Gasteiger partial charge in [0, 0.05) is 18.3 Å². The van der Waals surface area contributed by atoms with Crippen molar-refractivity contribution in [1.82, 2.24) is 25.9 Å². The Labute approximate surface area is 220 Å². The van der Waals surface area contributed by atoms with Gasteiger partial charge in [-0.1, -0.05) is 32.4 Å². The molecule has 0 saturated heterocycles. The van der Waals surface area contributed by atoms with Gasteiger partial charge >= 0.3 is 5.97 Å². The molecule has 2 rings (SSSR count). The molecule has 208 valence electrons. The van der Waals surface area contributed by atoms with Crippen molar-refractivity contribution < 1.29 is 34.5 Å². The number of aliphatic carboxylic acids is 1. The molecule has 0 aliphatic rings. The van der Waals surface area contributed by atoms with E-state index in [1.807, 2.05) is 0 Å². The van der Waals surface area contributed by atoms with Crippen LogP contribution in [0.3, 0.4) is 0 Å². The highest BCUT2D eigenvalue weighted by Gasteiger charge is 2.34. The van der Waals surface area contributed by atoms with Crippen LogP contribution in [0.2, 0.25) is 0 Å². The van der Waals surface area contributed by atoms with E-state index < -0.39 is 59.9 Å². The second-order valence-electron chi connectivity index (χ2n) is 9.26. The van der Waals surface area contributed by atoms with Gasteiger partial charge in [0.1, 0.15) is 23.9 Å². The minimum Gasteiger partial charge on any atom is -0.508 e. The van der Waals surface area contributed by atoms with Crippen LogP contribution >= 0.6 is 0 Å². The van der Waals surface area contributed by atoms with Crippen molar-refractivity contribution in [3.05, 3.63) is 48.0 Å². The molecule has 1 aromatic heterocycles. The molecule has 9 N–H and O–H groups in total. The Kier molecular flexibility index (Phi) is 11.2. The molecular weight excluding hydrogens is 496 g/mol. The molecule has 1 heterocycles. The van der Waals surface area contributed by atoms with Crippen LogP contribution in [0.4, 0.5) is 0 Å². The molecular formula is C25H36N6O7. The molecule has 0 aliphatic carbocycles. The topological polar surface area (TPSA) is 220 Å². The first-order valence-electron chi connectivity index (χ1n) is 12.3. The van der Waals surface area contributed by atoms with Crippen molar-refractivity contribution >= 4 is 23.7 Å². The van der Waals surface area contributed by atoms with Crippen LogP contribution < -0.4 is 21.7 Å². The minimum atomic E-state index is -1.49. The molecule has 13 nitrogen and oxygen atoms in total. The molecule has 6 atom stereocenters. The van der Waals surface area contributed by atoms with Crippen LogP contribution in [0.5, 0.6) is 5.75 Å². The number of carboxylic acids is 1. The normalized spacial score (nSPS) is 15.8. The van der Waals surface area contributed by atoms with Crippen LogP contribution in [-0.4, -0.2) is 79.2 Å². The molecule has 0 aliphatic heterocycles. The number of nitrogens with zero attached hydrogens (tertiary/aromatic N) is 1. The SMILES string of the molecule is CCC(C)C(NC(=O)C(NC(=O)C(Cc1cnc[nH]1)NC(=O)C(N)Cc1ccc(O)cc1)C(C)O)C(=O)O. The summed E-state index contributed by atoms with van der Waals surface area (Å²) in [6.07, 6.45) is 2.08. The van der Waals surface area contributed by atoms with Gasteiger partial charge in [0.25, 0.3) is 0 Å². The van der Waals surface area contributed by atoms with Gasteiger partial charge in [-0.05, 0) is 37.0 Å². The fraction of sp³-hybridized carbons (Fsp3) is 0.480. The molecule has 2 aromatic rings. The third-order valence-corrected chi connectivity index (χ3v) is 6.18. The van der Waals surface area contributed by atoms with Crippen molar-refractivity contribution in [3.8, 4) is 5.75 Å². The number of amides is 3. The van der Waals surface area contributed by atoms with Gasteiger partial charge in [-0.15, -0.1) is 0 Å². The van der Waals surface area contributed by atoms with E-state index in [1.54, 1.807) is 26.0 Å². The molecule has 38 heavy (non-hydrogen) atoms. The van der Waals surface area contributed by atoms with E-state index in [4.69, 9.17) is 5.73 Å². The average Bonchev–Trinajstić information content (AvgIpc) is 3.38. The lowest BCUT2D eigenvalue weighted by atomic mass is 9.98. The zero-order chi connectivity index (χ0) is 28.4. The Hall–Kier alpha value is -3.97. The monoisotopic (exact) mass is 532 g/mol. The predicted octanol–water partition coefficient (Wildman–Crippen LogP) is -0.806. The first kappa shape index (κ1) is 30.3. The highest BCUT2D eigenvalue weighted by molar-refractivity contribution is 5.94. The van der Waals surface area contributed by atoms with Gasteiger partial charge in [-0.25, -0.2) is 9.78 Å².